The zero-order chi connectivity index (χ0) is 16.4. The van der Waals surface area contributed by atoms with Crippen molar-refractivity contribution in [1.29, 1.82) is 0 Å². The van der Waals surface area contributed by atoms with Crippen LogP contribution >= 0.6 is 0 Å². The van der Waals surface area contributed by atoms with Crippen LogP contribution in [0.5, 0.6) is 0 Å². The fourth-order valence-corrected chi connectivity index (χ4v) is 2.03. The number of carbonyl (C=O) groups excluding carboxylic acids is 4. The third-order valence-electron chi connectivity index (χ3n) is 2.97. The van der Waals surface area contributed by atoms with Crippen molar-refractivity contribution in [2.75, 3.05) is 14.2 Å². The summed E-state index contributed by atoms with van der Waals surface area (Å²) in [6.07, 6.45) is -0.694. The monoisotopic (exact) mass is 301 g/mol. The van der Waals surface area contributed by atoms with Gasteiger partial charge in [-0.05, 0) is 20.8 Å². The Kier molecular flexibility index (Phi) is 4.93. The van der Waals surface area contributed by atoms with Gasteiger partial charge in [-0.25, -0.2) is 9.69 Å². The van der Waals surface area contributed by atoms with Gasteiger partial charge in [0, 0.05) is 0 Å². The molecule has 0 aromatic carbocycles. The van der Waals surface area contributed by atoms with Crippen LogP contribution in [0.25, 0.3) is 0 Å². The Morgan fingerprint density at radius 3 is 1.71 bits per heavy atom. The highest BCUT2D eigenvalue weighted by Gasteiger charge is 2.65. The van der Waals surface area contributed by atoms with E-state index in [2.05, 4.69) is 9.47 Å². The summed E-state index contributed by atoms with van der Waals surface area (Å²) in [4.78, 5) is 47.0. The summed E-state index contributed by atoms with van der Waals surface area (Å²) in [6, 6.07) is -0.947. The SMILES string of the molecule is COC(=O)[C@@H]1C(N(C=O)C(=O)OC(C)(C)C)[C@H]1C(=O)OC. The van der Waals surface area contributed by atoms with Crippen LogP contribution in [0.1, 0.15) is 20.8 Å². The van der Waals surface area contributed by atoms with E-state index in [9.17, 15) is 19.2 Å². The van der Waals surface area contributed by atoms with Crippen molar-refractivity contribution >= 4 is 24.4 Å². The molecule has 0 unspecified atom stereocenters. The average Bonchev–Trinajstić information content (AvgIpc) is 3.10. The molecule has 0 aromatic rings. The highest BCUT2D eigenvalue weighted by atomic mass is 16.6. The molecule has 0 N–H and O–H groups in total. The number of amides is 2. The number of rotatable bonds is 4. The Balaban J connectivity index is 2.93. The normalized spacial score (nSPS) is 23.8. The Morgan fingerprint density at radius 2 is 1.43 bits per heavy atom. The largest absolute Gasteiger partial charge is 0.469 e. The van der Waals surface area contributed by atoms with Gasteiger partial charge >= 0.3 is 18.0 Å². The van der Waals surface area contributed by atoms with E-state index in [1.807, 2.05) is 0 Å². The minimum Gasteiger partial charge on any atom is -0.469 e. The quantitative estimate of drug-likeness (QED) is 0.419. The first-order valence-corrected chi connectivity index (χ1v) is 6.30. The number of carbonyl (C=O) groups is 4. The zero-order valence-electron chi connectivity index (χ0n) is 12.6. The molecule has 0 radical (unpaired) electrons. The maximum absolute atomic E-state index is 12.0. The number of nitrogens with zero attached hydrogens (tertiary/aromatic N) is 1. The first kappa shape index (κ1) is 16.9. The van der Waals surface area contributed by atoms with Gasteiger partial charge in [-0.1, -0.05) is 0 Å². The standard InChI is InChI=1S/C13H19NO7/c1-13(2,3)21-12(18)14(6-15)9-7(10(16)19-4)8(9)11(17)20-5/h6-9H,1-5H3/t7-,8-/m0/s1. The van der Waals surface area contributed by atoms with Crippen molar-refractivity contribution in [2.24, 2.45) is 11.8 Å². The molecular formula is C13H19NO7. The van der Waals surface area contributed by atoms with E-state index >= 15 is 0 Å². The molecule has 2 amide bonds. The molecule has 1 aliphatic rings. The number of hydrogen-bond donors (Lipinski definition) is 0. The van der Waals surface area contributed by atoms with Gasteiger partial charge < -0.3 is 14.2 Å². The van der Waals surface area contributed by atoms with Crippen molar-refractivity contribution < 1.29 is 33.4 Å². The van der Waals surface area contributed by atoms with Gasteiger partial charge in [-0.3, -0.25) is 14.4 Å². The highest BCUT2D eigenvalue weighted by Crippen LogP contribution is 2.45. The summed E-state index contributed by atoms with van der Waals surface area (Å²) >= 11 is 0. The Hall–Kier alpha value is -2.12. The maximum atomic E-state index is 12.0. The molecule has 0 aliphatic heterocycles. The molecule has 21 heavy (non-hydrogen) atoms. The topological polar surface area (TPSA) is 99.2 Å². The number of hydrogen-bond acceptors (Lipinski definition) is 7. The third kappa shape index (κ3) is 3.71. The number of ether oxygens (including phenoxy) is 3. The van der Waals surface area contributed by atoms with Crippen LogP contribution in [0.15, 0.2) is 0 Å². The Labute approximate surface area is 122 Å². The number of esters is 2. The molecule has 1 fully saturated rings. The van der Waals surface area contributed by atoms with Crippen molar-refractivity contribution in [1.82, 2.24) is 4.90 Å². The van der Waals surface area contributed by atoms with Crippen LogP contribution in [0.4, 0.5) is 4.79 Å². The lowest BCUT2D eigenvalue weighted by Gasteiger charge is -2.23. The van der Waals surface area contributed by atoms with Crippen LogP contribution in [0.3, 0.4) is 0 Å². The van der Waals surface area contributed by atoms with Gasteiger partial charge in [0.15, 0.2) is 0 Å². The zero-order valence-corrected chi connectivity index (χ0v) is 12.6. The van der Waals surface area contributed by atoms with E-state index < -0.39 is 41.5 Å². The molecule has 0 heterocycles. The summed E-state index contributed by atoms with van der Waals surface area (Å²) in [5, 5.41) is 0. The van der Waals surface area contributed by atoms with E-state index in [1.165, 1.54) is 0 Å². The van der Waals surface area contributed by atoms with Crippen molar-refractivity contribution in [3.05, 3.63) is 0 Å². The van der Waals surface area contributed by atoms with Crippen LogP contribution < -0.4 is 0 Å². The maximum Gasteiger partial charge on any atom is 0.417 e. The molecule has 1 saturated carbocycles. The van der Waals surface area contributed by atoms with Crippen molar-refractivity contribution in [3.8, 4) is 0 Å². The van der Waals surface area contributed by atoms with E-state index in [0.717, 1.165) is 14.2 Å². The van der Waals surface area contributed by atoms with Crippen LogP contribution in [0.2, 0.25) is 0 Å². The van der Waals surface area contributed by atoms with Gasteiger partial charge in [0.25, 0.3) is 0 Å². The van der Waals surface area contributed by atoms with E-state index in [4.69, 9.17) is 4.74 Å². The van der Waals surface area contributed by atoms with Crippen molar-refractivity contribution in [2.45, 2.75) is 32.4 Å². The predicted octanol–water partition coefficient (Wildman–Crippen LogP) is 0.340. The summed E-state index contributed by atoms with van der Waals surface area (Å²) in [5.41, 5.74) is -0.811. The fraction of sp³-hybridized carbons (Fsp3) is 0.692. The van der Waals surface area contributed by atoms with Gasteiger partial charge in [0.1, 0.15) is 5.60 Å². The van der Waals surface area contributed by atoms with Gasteiger partial charge in [0.05, 0.1) is 32.1 Å². The number of imide groups is 1. The second-order valence-electron chi connectivity index (χ2n) is 5.58. The molecule has 8 nitrogen and oxygen atoms in total. The lowest BCUT2D eigenvalue weighted by molar-refractivity contribution is -0.148. The van der Waals surface area contributed by atoms with Crippen LogP contribution in [-0.2, 0) is 28.6 Å². The molecule has 1 aliphatic carbocycles. The third-order valence-corrected chi connectivity index (χ3v) is 2.97. The molecule has 118 valence electrons. The first-order valence-electron chi connectivity index (χ1n) is 6.30. The first-order chi connectivity index (χ1) is 9.67. The second kappa shape index (κ2) is 6.11. The number of methoxy groups -OCH3 is 2. The molecule has 2 atom stereocenters. The van der Waals surface area contributed by atoms with E-state index in [1.54, 1.807) is 20.8 Å². The molecular weight excluding hydrogens is 282 g/mol. The van der Waals surface area contributed by atoms with Crippen molar-refractivity contribution in [3.63, 3.8) is 0 Å². The Bertz CT molecular complexity index is 432. The van der Waals surface area contributed by atoms with Crippen LogP contribution in [-0.4, -0.2) is 55.2 Å². The molecule has 0 aromatic heterocycles. The summed E-state index contributed by atoms with van der Waals surface area (Å²) < 4.78 is 14.2. The van der Waals surface area contributed by atoms with E-state index in [-0.39, 0.29) is 6.41 Å². The van der Waals surface area contributed by atoms with Gasteiger partial charge in [0.2, 0.25) is 6.41 Å². The molecule has 1 rings (SSSR count). The molecule has 0 bridgehead atoms. The minimum absolute atomic E-state index is 0.234. The lowest BCUT2D eigenvalue weighted by Crippen LogP contribution is -2.39. The van der Waals surface area contributed by atoms with E-state index in [0.29, 0.717) is 4.90 Å². The minimum atomic E-state index is -0.947. The highest BCUT2D eigenvalue weighted by molar-refractivity contribution is 5.93. The predicted molar refractivity (Wildman–Crippen MR) is 68.9 cm³/mol. The average molecular weight is 301 g/mol. The van der Waals surface area contributed by atoms with Gasteiger partial charge in [-0.2, -0.15) is 0 Å². The Morgan fingerprint density at radius 1 is 1.00 bits per heavy atom. The molecule has 8 heteroatoms. The molecule has 0 saturated heterocycles. The fourth-order valence-electron chi connectivity index (χ4n) is 2.03. The molecule has 0 spiro atoms. The lowest BCUT2D eigenvalue weighted by atomic mass is 10.2. The summed E-state index contributed by atoms with van der Waals surface area (Å²) in [5.74, 6) is -3.24. The van der Waals surface area contributed by atoms with Gasteiger partial charge in [-0.15, -0.1) is 0 Å². The second-order valence-corrected chi connectivity index (χ2v) is 5.58. The summed E-state index contributed by atoms with van der Waals surface area (Å²) in [6.45, 7) is 4.91. The smallest absolute Gasteiger partial charge is 0.417 e. The summed E-state index contributed by atoms with van der Waals surface area (Å²) in [7, 11) is 2.32. The van der Waals surface area contributed by atoms with Crippen LogP contribution in [0, 0.1) is 11.8 Å².